The van der Waals surface area contributed by atoms with Gasteiger partial charge in [0.15, 0.2) is 0 Å². The molecule has 1 aromatic heterocycles. The summed E-state index contributed by atoms with van der Waals surface area (Å²) < 4.78 is 0. The molecule has 1 aliphatic rings. The van der Waals surface area contributed by atoms with E-state index < -0.39 is 10.8 Å². The van der Waals surface area contributed by atoms with Crippen LogP contribution in [0.1, 0.15) is 15.9 Å². The van der Waals surface area contributed by atoms with Crippen LogP contribution >= 0.6 is 11.6 Å². The summed E-state index contributed by atoms with van der Waals surface area (Å²) in [6, 6.07) is 15.8. The lowest BCUT2D eigenvalue weighted by Gasteiger charge is -2.35. The van der Waals surface area contributed by atoms with Crippen molar-refractivity contribution in [2.45, 2.75) is 6.54 Å². The Labute approximate surface area is 189 Å². The molecule has 0 radical (unpaired) electrons. The molecular weight excluding hydrogens is 432 g/mol. The van der Waals surface area contributed by atoms with E-state index in [9.17, 15) is 14.9 Å². The minimum atomic E-state index is -0.656. The first-order chi connectivity index (χ1) is 15.5. The van der Waals surface area contributed by atoms with Gasteiger partial charge < -0.3 is 10.2 Å². The highest BCUT2D eigenvalue weighted by Crippen LogP contribution is 2.24. The second-order valence-corrected chi connectivity index (χ2v) is 7.82. The summed E-state index contributed by atoms with van der Waals surface area (Å²) in [5, 5.41) is 14.1. The van der Waals surface area contributed by atoms with E-state index in [1.165, 1.54) is 30.1 Å². The number of amides is 1. The Bertz CT molecular complexity index is 1120. The third kappa shape index (κ3) is 5.19. The standard InChI is InChI=1S/C22H21ClN6O3/c23-17-6-7-19(29(31)32)18(12-17)22(30)26-20-13-21(25-15-24-20)28-10-8-27(9-11-28)14-16-4-2-1-3-5-16/h1-7,12-13,15H,8-11,14H2,(H,24,25,26,30). The minimum Gasteiger partial charge on any atom is -0.354 e. The summed E-state index contributed by atoms with van der Waals surface area (Å²) in [5.41, 5.74) is 0.830. The van der Waals surface area contributed by atoms with E-state index in [0.717, 1.165) is 32.7 Å². The van der Waals surface area contributed by atoms with Gasteiger partial charge in [-0.3, -0.25) is 19.8 Å². The Morgan fingerprint density at radius 2 is 1.81 bits per heavy atom. The van der Waals surface area contributed by atoms with Gasteiger partial charge in [0.05, 0.1) is 4.92 Å². The van der Waals surface area contributed by atoms with Crippen molar-refractivity contribution in [2.75, 3.05) is 36.4 Å². The number of aromatic nitrogens is 2. The average molecular weight is 453 g/mol. The summed E-state index contributed by atoms with van der Waals surface area (Å²) in [4.78, 5) is 36.2. The van der Waals surface area contributed by atoms with Crippen LogP contribution in [0.25, 0.3) is 0 Å². The summed E-state index contributed by atoms with van der Waals surface area (Å²) in [6.45, 7) is 4.25. The molecule has 2 aromatic carbocycles. The molecule has 0 aliphatic carbocycles. The second-order valence-electron chi connectivity index (χ2n) is 7.38. The number of anilines is 2. The Morgan fingerprint density at radius 1 is 1.06 bits per heavy atom. The highest BCUT2D eigenvalue weighted by Gasteiger charge is 2.22. The van der Waals surface area contributed by atoms with Crippen molar-refractivity contribution in [1.82, 2.24) is 14.9 Å². The molecule has 1 fully saturated rings. The number of halogens is 1. The fraction of sp³-hybridized carbons (Fsp3) is 0.227. The molecule has 1 saturated heterocycles. The maximum Gasteiger partial charge on any atom is 0.282 e. The quantitative estimate of drug-likeness (QED) is 0.450. The molecule has 0 spiro atoms. The molecule has 2 heterocycles. The van der Waals surface area contributed by atoms with Crippen LogP contribution in [0.2, 0.25) is 5.02 Å². The molecule has 10 heteroatoms. The lowest BCUT2D eigenvalue weighted by Crippen LogP contribution is -2.46. The zero-order chi connectivity index (χ0) is 22.5. The van der Waals surface area contributed by atoms with Crippen LogP contribution in [-0.4, -0.2) is 51.9 Å². The number of rotatable bonds is 6. The van der Waals surface area contributed by atoms with Crippen LogP contribution in [0.15, 0.2) is 60.9 Å². The summed E-state index contributed by atoms with van der Waals surface area (Å²) >= 11 is 5.92. The number of nitro groups is 1. The van der Waals surface area contributed by atoms with E-state index in [-0.39, 0.29) is 22.1 Å². The van der Waals surface area contributed by atoms with Gasteiger partial charge in [0.2, 0.25) is 0 Å². The minimum absolute atomic E-state index is 0.128. The molecule has 0 saturated carbocycles. The van der Waals surface area contributed by atoms with Crippen molar-refractivity contribution in [2.24, 2.45) is 0 Å². The third-order valence-corrected chi connectivity index (χ3v) is 5.47. The number of benzene rings is 2. The van der Waals surface area contributed by atoms with E-state index in [1.54, 1.807) is 6.07 Å². The fourth-order valence-electron chi connectivity index (χ4n) is 3.60. The van der Waals surface area contributed by atoms with Gasteiger partial charge in [0.25, 0.3) is 11.6 Å². The molecule has 1 amide bonds. The van der Waals surface area contributed by atoms with Gasteiger partial charge >= 0.3 is 0 Å². The Balaban J connectivity index is 1.41. The smallest absolute Gasteiger partial charge is 0.282 e. The van der Waals surface area contributed by atoms with E-state index in [4.69, 9.17) is 11.6 Å². The lowest BCUT2D eigenvalue weighted by atomic mass is 10.1. The maximum atomic E-state index is 12.6. The monoisotopic (exact) mass is 452 g/mol. The summed E-state index contributed by atoms with van der Waals surface area (Å²) in [6.07, 6.45) is 1.37. The average Bonchev–Trinajstić information content (AvgIpc) is 2.80. The molecule has 3 aromatic rings. The summed E-state index contributed by atoms with van der Waals surface area (Å²) in [5.74, 6) is 0.299. The van der Waals surface area contributed by atoms with E-state index in [2.05, 4.69) is 37.2 Å². The van der Waals surface area contributed by atoms with Gasteiger partial charge in [-0.05, 0) is 17.7 Å². The molecule has 9 nitrogen and oxygen atoms in total. The number of piperazine rings is 1. The Kier molecular flexibility index (Phi) is 6.58. The van der Waals surface area contributed by atoms with E-state index in [1.807, 2.05) is 18.2 Å². The van der Waals surface area contributed by atoms with Gasteiger partial charge in [-0.1, -0.05) is 41.9 Å². The van der Waals surface area contributed by atoms with Gasteiger partial charge in [0, 0.05) is 49.9 Å². The van der Waals surface area contributed by atoms with Crippen LogP contribution in [0, 0.1) is 10.1 Å². The Morgan fingerprint density at radius 3 is 2.53 bits per heavy atom. The number of hydrogen-bond donors (Lipinski definition) is 1. The first kappa shape index (κ1) is 21.7. The molecule has 0 bridgehead atoms. The van der Waals surface area contributed by atoms with E-state index in [0.29, 0.717) is 5.82 Å². The van der Waals surface area contributed by atoms with Crippen LogP contribution in [0.4, 0.5) is 17.3 Å². The van der Waals surface area contributed by atoms with Crippen molar-refractivity contribution < 1.29 is 9.72 Å². The van der Waals surface area contributed by atoms with Crippen LogP contribution in [-0.2, 0) is 6.54 Å². The van der Waals surface area contributed by atoms with Gasteiger partial charge in [-0.25, -0.2) is 9.97 Å². The number of nitrogens with one attached hydrogen (secondary N) is 1. The Hall–Kier alpha value is -3.56. The maximum absolute atomic E-state index is 12.6. The number of hydrogen-bond acceptors (Lipinski definition) is 7. The number of nitrogens with zero attached hydrogens (tertiary/aromatic N) is 5. The zero-order valence-corrected chi connectivity index (χ0v) is 17.9. The highest BCUT2D eigenvalue weighted by molar-refractivity contribution is 6.31. The predicted molar refractivity (Wildman–Crippen MR) is 122 cm³/mol. The molecule has 0 atom stereocenters. The van der Waals surface area contributed by atoms with Crippen molar-refractivity contribution in [3.05, 3.63) is 87.2 Å². The number of carbonyl (C=O) groups is 1. The molecular formula is C22H21ClN6O3. The first-order valence-corrected chi connectivity index (χ1v) is 10.5. The molecule has 32 heavy (non-hydrogen) atoms. The van der Waals surface area contributed by atoms with Crippen molar-refractivity contribution >= 4 is 34.8 Å². The van der Waals surface area contributed by atoms with Gasteiger partial charge in [-0.2, -0.15) is 0 Å². The number of carbonyl (C=O) groups excluding carboxylic acids is 1. The van der Waals surface area contributed by atoms with Gasteiger partial charge in [0.1, 0.15) is 23.5 Å². The van der Waals surface area contributed by atoms with Crippen LogP contribution in [0.3, 0.4) is 0 Å². The second kappa shape index (κ2) is 9.71. The molecule has 164 valence electrons. The molecule has 1 aliphatic heterocycles. The van der Waals surface area contributed by atoms with Crippen molar-refractivity contribution in [3.63, 3.8) is 0 Å². The van der Waals surface area contributed by atoms with E-state index >= 15 is 0 Å². The third-order valence-electron chi connectivity index (χ3n) is 5.24. The normalized spacial score (nSPS) is 14.2. The summed E-state index contributed by atoms with van der Waals surface area (Å²) in [7, 11) is 0. The largest absolute Gasteiger partial charge is 0.354 e. The van der Waals surface area contributed by atoms with Crippen LogP contribution in [0.5, 0.6) is 0 Å². The molecule has 1 N–H and O–H groups in total. The van der Waals surface area contributed by atoms with Crippen molar-refractivity contribution in [1.29, 1.82) is 0 Å². The first-order valence-electron chi connectivity index (χ1n) is 10.1. The SMILES string of the molecule is O=C(Nc1cc(N2CCN(Cc3ccccc3)CC2)ncn1)c1cc(Cl)ccc1[N+](=O)[O-]. The topological polar surface area (TPSA) is 104 Å². The van der Waals surface area contributed by atoms with Gasteiger partial charge in [-0.15, -0.1) is 0 Å². The van der Waals surface area contributed by atoms with Crippen LogP contribution < -0.4 is 10.2 Å². The molecule has 0 unspecified atom stereocenters. The zero-order valence-electron chi connectivity index (χ0n) is 17.1. The predicted octanol–water partition coefficient (Wildman–Crippen LogP) is 3.61. The van der Waals surface area contributed by atoms with Crippen molar-refractivity contribution in [3.8, 4) is 0 Å². The number of nitro benzene ring substituents is 1. The fourth-order valence-corrected chi connectivity index (χ4v) is 3.77. The lowest BCUT2D eigenvalue weighted by molar-refractivity contribution is -0.385. The molecule has 4 rings (SSSR count). The highest BCUT2D eigenvalue weighted by atomic mass is 35.5.